The van der Waals surface area contributed by atoms with Crippen molar-refractivity contribution < 1.29 is 0 Å². The van der Waals surface area contributed by atoms with Crippen molar-refractivity contribution in [2.45, 2.75) is 38.6 Å². The highest BCUT2D eigenvalue weighted by Crippen LogP contribution is 2.43. The summed E-state index contributed by atoms with van der Waals surface area (Å²) in [5, 5.41) is 3.69. The third-order valence-corrected chi connectivity index (χ3v) is 3.81. The van der Waals surface area contributed by atoms with Gasteiger partial charge in [0.2, 0.25) is 0 Å². The highest BCUT2D eigenvalue weighted by Gasteiger charge is 2.34. The van der Waals surface area contributed by atoms with Crippen molar-refractivity contribution in [3.8, 4) is 0 Å². The lowest BCUT2D eigenvalue weighted by Gasteiger charge is -2.27. The minimum absolute atomic E-state index is 0.667. The van der Waals surface area contributed by atoms with Gasteiger partial charge in [-0.3, -0.25) is 0 Å². The Morgan fingerprint density at radius 3 is 2.93 bits per heavy atom. The Labute approximate surface area is 91.9 Å². The van der Waals surface area contributed by atoms with Gasteiger partial charge < -0.3 is 5.32 Å². The molecule has 0 amide bonds. The second-order valence-corrected chi connectivity index (χ2v) is 4.91. The molecule has 0 radical (unpaired) electrons. The fourth-order valence-corrected chi connectivity index (χ4v) is 2.70. The van der Waals surface area contributed by atoms with Crippen molar-refractivity contribution >= 4 is 0 Å². The van der Waals surface area contributed by atoms with Gasteiger partial charge >= 0.3 is 0 Å². The Morgan fingerprint density at radius 2 is 2.20 bits per heavy atom. The predicted molar refractivity (Wildman–Crippen MR) is 63.0 cm³/mol. The average Bonchev–Trinajstić information content (AvgIpc) is 3.11. The van der Waals surface area contributed by atoms with Gasteiger partial charge in [0.05, 0.1) is 0 Å². The van der Waals surface area contributed by atoms with Crippen molar-refractivity contribution in [1.82, 2.24) is 5.32 Å². The highest BCUT2D eigenvalue weighted by molar-refractivity contribution is 5.37. The Balaban J connectivity index is 1.99. The molecule has 1 heteroatoms. The number of hydrogen-bond acceptors (Lipinski definition) is 1. The molecule has 1 heterocycles. The maximum Gasteiger partial charge on any atom is 0.0351 e. The summed E-state index contributed by atoms with van der Waals surface area (Å²) in [6.45, 7) is 3.41. The molecule has 1 nitrogen and oxygen atoms in total. The van der Waals surface area contributed by atoms with Gasteiger partial charge in [0.25, 0.3) is 0 Å². The van der Waals surface area contributed by atoms with Crippen LogP contribution in [0, 0.1) is 5.92 Å². The largest absolute Gasteiger partial charge is 0.309 e. The van der Waals surface area contributed by atoms with Crippen LogP contribution in [0.15, 0.2) is 18.2 Å². The maximum absolute atomic E-state index is 3.69. The summed E-state index contributed by atoms with van der Waals surface area (Å²) in [7, 11) is 0. The molecular weight excluding hydrogens is 182 g/mol. The fraction of sp³-hybridized carbons (Fsp3) is 0.571. The molecule has 1 N–H and O–H groups in total. The van der Waals surface area contributed by atoms with E-state index in [-0.39, 0.29) is 0 Å². The standard InChI is InChI=1S/C14H19N/c1-2-10-3-4-11-7-8-15-14(12-5-6-12)13(11)9-10/h3-4,9,12,14-15H,2,5-8H2,1H3. The third-order valence-electron chi connectivity index (χ3n) is 3.81. The first-order chi connectivity index (χ1) is 7.38. The number of rotatable bonds is 2. The van der Waals surface area contributed by atoms with Crippen LogP contribution in [-0.2, 0) is 12.8 Å². The van der Waals surface area contributed by atoms with E-state index in [0.717, 1.165) is 12.3 Å². The first kappa shape index (κ1) is 9.41. The Kier molecular flexibility index (Phi) is 2.28. The summed E-state index contributed by atoms with van der Waals surface area (Å²) in [5.41, 5.74) is 4.68. The molecule has 15 heavy (non-hydrogen) atoms. The van der Waals surface area contributed by atoms with Gasteiger partial charge in [-0.25, -0.2) is 0 Å². The van der Waals surface area contributed by atoms with Crippen LogP contribution in [-0.4, -0.2) is 6.54 Å². The van der Waals surface area contributed by atoms with Gasteiger partial charge in [0.15, 0.2) is 0 Å². The van der Waals surface area contributed by atoms with E-state index in [2.05, 4.69) is 30.4 Å². The molecule has 3 rings (SSSR count). The van der Waals surface area contributed by atoms with Crippen LogP contribution < -0.4 is 5.32 Å². The topological polar surface area (TPSA) is 12.0 Å². The van der Waals surface area contributed by atoms with Crippen molar-refractivity contribution in [3.05, 3.63) is 34.9 Å². The summed E-state index contributed by atoms with van der Waals surface area (Å²) in [4.78, 5) is 0. The second-order valence-electron chi connectivity index (χ2n) is 4.91. The van der Waals surface area contributed by atoms with E-state index in [9.17, 15) is 0 Å². The molecule has 0 bridgehead atoms. The van der Waals surface area contributed by atoms with Crippen LogP contribution in [0.4, 0.5) is 0 Å². The van der Waals surface area contributed by atoms with Crippen LogP contribution in [0.2, 0.25) is 0 Å². The van der Waals surface area contributed by atoms with E-state index in [1.807, 2.05) is 0 Å². The summed E-state index contributed by atoms with van der Waals surface area (Å²) in [5.74, 6) is 0.927. The summed E-state index contributed by atoms with van der Waals surface area (Å²) in [6.07, 6.45) is 5.22. The number of aryl methyl sites for hydroxylation is 1. The van der Waals surface area contributed by atoms with Crippen molar-refractivity contribution in [1.29, 1.82) is 0 Å². The lowest BCUT2D eigenvalue weighted by molar-refractivity contribution is 0.457. The Morgan fingerprint density at radius 1 is 1.33 bits per heavy atom. The summed E-state index contributed by atoms with van der Waals surface area (Å²) in [6, 6.07) is 7.75. The quantitative estimate of drug-likeness (QED) is 0.776. The van der Waals surface area contributed by atoms with Crippen LogP contribution in [0.25, 0.3) is 0 Å². The summed E-state index contributed by atoms with van der Waals surface area (Å²) >= 11 is 0. The SMILES string of the molecule is CCc1ccc2c(c1)C(C1CC1)NCC2. The van der Waals surface area contributed by atoms with Gasteiger partial charge in [-0.2, -0.15) is 0 Å². The minimum Gasteiger partial charge on any atom is -0.309 e. The zero-order chi connectivity index (χ0) is 10.3. The normalized spacial score (nSPS) is 25.0. The van der Waals surface area contributed by atoms with E-state index in [0.29, 0.717) is 6.04 Å². The lowest BCUT2D eigenvalue weighted by atomic mass is 9.89. The van der Waals surface area contributed by atoms with E-state index in [1.54, 1.807) is 11.1 Å². The van der Waals surface area contributed by atoms with Crippen molar-refractivity contribution in [2.24, 2.45) is 5.92 Å². The molecule has 1 aliphatic heterocycles. The van der Waals surface area contributed by atoms with Crippen LogP contribution in [0.1, 0.15) is 42.5 Å². The van der Waals surface area contributed by atoms with Crippen molar-refractivity contribution in [2.75, 3.05) is 6.54 Å². The molecule has 1 fully saturated rings. The van der Waals surface area contributed by atoms with Gasteiger partial charge in [0, 0.05) is 6.04 Å². The smallest absolute Gasteiger partial charge is 0.0351 e. The zero-order valence-electron chi connectivity index (χ0n) is 9.42. The fourth-order valence-electron chi connectivity index (χ4n) is 2.70. The summed E-state index contributed by atoms with van der Waals surface area (Å²) < 4.78 is 0. The number of nitrogens with one attached hydrogen (secondary N) is 1. The second kappa shape index (κ2) is 3.64. The Bertz CT molecular complexity index is 366. The third kappa shape index (κ3) is 1.69. The first-order valence-electron chi connectivity index (χ1n) is 6.23. The molecule has 80 valence electrons. The molecule has 2 aliphatic rings. The minimum atomic E-state index is 0.667. The average molecular weight is 201 g/mol. The van der Waals surface area contributed by atoms with E-state index < -0.39 is 0 Å². The molecule has 0 aromatic heterocycles. The van der Waals surface area contributed by atoms with E-state index >= 15 is 0 Å². The first-order valence-corrected chi connectivity index (χ1v) is 6.23. The molecule has 0 spiro atoms. The van der Waals surface area contributed by atoms with E-state index in [4.69, 9.17) is 0 Å². The zero-order valence-corrected chi connectivity index (χ0v) is 9.42. The lowest BCUT2D eigenvalue weighted by Crippen LogP contribution is -2.31. The maximum atomic E-state index is 3.69. The molecule has 1 aromatic carbocycles. The molecule has 1 saturated carbocycles. The van der Waals surface area contributed by atoms with Crippen molar-refractivity contribution in [3.63, 3.8) is 0 Å². The molecule has 1 aromatic rings. The van der Waals surface area contributed by atoms with E-state index in [1.165, 1.54) is 31.4 Å². The number of benzene rings is 1. The monoisotopic (exact) mass is 201 g/mol. The number of fused-ring (bicyclic) bond motifs is 1. The Hall–Kier alpha value is -0.820. The molecule has 0 saturated heterocycles. The van der Waals surface area contributed by atoms with Gasteiger partial charge in [-0.1, -0.05) is 25.1 Å². The van der Waals surface area contributed by atoms with Gasteiger partial charge in [-0.15, -0.1) is 0 Å². The van der Waals surface area contributed by atoms with Crippen LogP contribution in [0.3, 0.4) is 0 Å². The van der Waals surface area contributed by atoms with Crippen LogP contribution in [0.5, 0.6) is 0 Å². The molecule has 1 aliphatic carbocycles. The van der Waals surface area contributed by atoms with Gasteiger partial charge in [-0.05, 0) is 54.8 Å². The van der Waals surface area contributed by atoms with Gasteiger partial charge in [0.1, 0.15) is 0 Å². The van der Waals surface area contributed by atoms with Crippen LogP contribution >= 0.6 is 0 Å². The predicted octanol–water partition coefficient (Wildman–Crippen LogP) is 2.85. The number of hydrogen-bond donors (Lipinski definition) is 1. The molecule has 1 unspecified atom stereocenters. The highest BCUT2D eigenvalue weighted by atomic mass is 14.9. The molecular formula is C14H19N. The molecule has 1 atom stereocenters.